The Labute approximate surface area is 229 Å². The van der Waals surface area contributed by atoms with E-state index in [1.54, 1.807) is 24.9 Å². The Bertz CT molecular complexity index is 1450. The number of anilines is 1. The number of carbonyl (C=O) groups is 1. The van der Waals surface area contributed by atoms with Crippen LogP contribution in [0.2, 0.25) is 15.1 Å². The number of benzene rings is 3. The predicted molar refractivity (Wildman–Crippen MR) is 152 cm³/mol. The normalized spacial score (nSPS) is 16.1. The van der Waals surface area contributed by atoms with Crippen LogP contribution in [0.4, 0.5) is 5.69 Å². The third kappa shape index (κ3) is 5.18. The van der Waals surface area contributed by atoms with Crippen LogP contribution in [0.3, 0.4) is 0 Å². The van der Waals surface area contributed by atoms with Crippen molar-refractivity contribution in [2.75, 3.05) is 31.3 Å². The molecule has 1 aromatic heterocycles. The molecular formula is C27H24Cl3N3O2S. The van der Waals surface area contributed by atoms with Crippen molar-refractivity contribution >= 4 is 80.0 Å². The molecular weight excluding hydrogens is 537 g/mol. The monoisotopic (exact) mass is 559 g/mol. The Morgan fingerprint density at radius 1 is 1.03 bits per heavy atom. The molecule has 0 spiro atoms. The zero-order valence-corrected chi connectivity index (χ0v) is 22.6. The summed E-state index contributed by atoms with van der Waals surface area (Å²) in [5.41, 5.74) is 3.57. The molecule has 1 atom stereocenters. The maximum absolute atomic E-state index is 12.9. The van der Waals surface area contributed by atoms with Crippen molar-refractivity contribution in [1.82, 2.24) is 9.88 Å². The quantitative estimate of drug-likeness (QED) is 0.184. The highest BCUT2D eigenvalue weighted by Crippen LogP contribution is 2.41. The van der Waals surface area contributed by atoms with E-state index in [0.717, 1.165) is 51.0 Å². The highest BCUT2D eigenvalue weighted by molar-refractivity contribution is 7.99. The average Bonchev–Trinajstić information content (AvgIpc) is 2.86. The highest BCUT2D eigenvalue weighted by Gasteiger charge is 2.30. The fourth-order valence-corrected chi connectivity index (χ4v) is 6.55. The van der Waals surface area contributed by atoms with Crippen molar-refractivity contribution in [3.63, 3.8) is 0 Å². The number of pyridine rings is 1. The van der Waals surface area contributed by atoms with Crippen LogP contribution in [0.1, 0.15) is 23.8 Å². The molecule has 1 N–H and O–H groups in total. The van der Waals surface area contributed by atoms with E-state index in [-0.39, 0.29) is 11.3 Å². The molecule has 1 unspecified atom stereocenters. The van der Waals surface area contributed by atoms with Gasteiger partial charge in [-0.1, -0.05) is 40.9 Å². The van der Waals surface area contributed by atoms with Gasteiger partial charge in [-0.2, -0.15) is 0 Å². The van der Waals surface area contributed by atoms with E-state index in [9.17, 15) is 4.79 Å². The molecule has 9 heteroatoms. The lowest BCUT2D eigenvalue weighted by Crippen LogP contribution is -2.38. The first-order chi connectivity index (χ1) is 17.4. The maximum Gasteiger partial charge on any atom is 0.224 e. The van der Waals surface area contributed by atoms with Crippen LogP contribution in [0, 0.1) is 0 Å². The SMILES string of the molecule is COc1ccc2nc3cc(Cl)ccc3c(NCCCN3C(=O)CCSC3c3ccc(Cl)cc3Cl)c2c1. The number of carbonyl (C=O) groups excluding carboxylic acids is 1. The van der Waals surface area contributed by atoms with E-state index >= 15 is 0 Å². The second-order valence-electron chi connectivity index (χ2n) is 8.54. The number of nitrogens with one attached hydrogen (secondary N) is 1. The van der Waals surface area contributed by atoms with Crippen LogP contribution in [0.15, 0.2) is 54.6 Å². The van der Waals surface area contributed by atoms with Crippen LogP contribution >= 0.6 is 46.6 Å². The third-order valence-electron chi connectivity index (χ3n) is 6.24. The molecule has 1 fully saturated rings. The Hall–Kier alpha value is -2.38. The zero-order valence-electron chi connectivity index (χ0n) is 19.6. The van der Waals surface area contributed by atoms with E-state index in [1.165, 1.54) is 0 Å². The van der Waals surface area contributed by atoms with Crippen LogP contribution in [0.5, 0.6) is 5.75 Å². The molecule has 1 amide bonds. The van der Waals surface area contributed by atoms with Crippen molar-refractivity contribution in [3.05, 3.63) is 75.2 Å². The summed E-state index contributed by atoms with van der Waals surface area (Å²) >= 11 is 20.6. The smallest absolute Gasteiger partial charge is 0.224 e. The van der Waals surface area contributed by atoms with Gasteiger partial charge in [-0.25, -0.2) is 4.98 Å². The number of hydrogen-bond acceptors (Lipinski definition) is 5. The van der Waals surface area contributed by atoms with Crippen LogP contribution in [-0.2, 0) is 4.79 Å². The number of nitrogens with zero attached hydrogens (tertiary/aromatic N) is 2. The summed E-state index contributed by atoms with van der Waals surface area (Å²) < 4.78 is 5.45. The maximum atomic E-state index is 12.9. The van der Waals surface area contributed by atoms with E-state index in [0.29, 0.717) is 34.6 Å². The molecule has 5 rings (SSSR count). The summed E-state index contributed by atoms with van der Waals surface area (Å²) in [6.07, 6.45) is 1.29. The summed E-state index contributed by atoms with van der Waals surface area (Å²) in [7, 11) is 1.65. The van der Waals surface area contributed by atoms with E-state index in [4.69, 9.17) is 44.5 Å². The first-order valence-corrected chi connectivity index (χ1v) is 13.8. The fraction of sp³-hybridized carbons (Fsp3) is 0.259. The number of amides is 1. The van der Waals surface area contributed by atoms with Gasteiger partial charge >= 0.3 is 0 Å². The Kier molecular flexibility index (Phi) is 7.68. The molecule has 1 aliphatic rings. The number of methoxy groups -OCH3 is 1. The van der Waals surface area contributed by atoms with E-state index < -0.39 is 0 Å². The van der Waals surface area contributed by atoms with Gasteiger partial charge in [-0.3, -0.25) is 4.79 Å². The van der Waals surface area contributed by atoms with E-state index in [1.807, 2.05) is 53.4 Å². The first-order valence-electron chi connectivity index (χ1n) is 11.6. The topological polar surface area (TPSA) is 54.5 Å². The van der Waals surface area contributed by atoms with Gasteiger partial charge in [0.05, 0.1) is 23.8 Å². The largest absolute Gasteiger partial charge is 0.497 e. The van der Waals surface area contributed by atoms with Crippen LogP contribution in [-0.4, -0.2) is 41.7 Å². The van der Waals surface area contributed by atoms with Gasteiger partial charge in [0.25, 0.3) is 0 Å². The van der Waals surface area contributed by atoms with Crippen molar-refractivity contribution in [2.45, 2.75) is 18.2 Å². The van der Waals surface area contributed by atoms with Gasteiger partial charge in [0.1, 0.15) is 11.1 Å². The molecule has 1 saturated heterocycles. The minimum Gasteiger partial charge on any atom is -0.497 e. The number of rotatable bonds is 7. The van der Waals surface area contributed by atoms with Gasteiger partial charge in [-0.15, -0.1) is 11.8 Å². The summed E-state index contributed by atoms with van der Waals surface area (Å²) in [4.78, 5) is 19.6. The van der Waals surface area contributed by atoms with Crippen molar-refractivity contribution in [1.29, 1.82) is 0 Å². The molecule has 0 saturated carbocycles. The Morgan fingerprint density at radius 3 is 2.64 bits per heavy atom. The van der Waals surface area contributed by atoms with Gasteiger partial charge in [-0.05, 0) is 55.0 Å². The number of ether oxygens (including phenoxy) is 1. The van der Waals surface area contributed by atoms with Crippen molar-refractivity contribution in [2.24, 2.45) is 0 Å². The number of hydrogen-bond donors (Lipinski definition) is 1. The molecule has 2 heterocycles. The second-order valence-corrected chi connectivity index (χ2v) is 11.0. The molecule has 186 valence electrons. The Balaban J connectivity index is 1.37. The number of halogens is 3. The molecule has 4 aromatic rings. The van der Waals surface area contributed by atoms with E-state index in [2.05, 4.69) is 5.32 Å². The van der Waals surface area contributed by atoms with Gasteiger partial charge in [0.2, 0.25) is 5.91 Å². The fourth-order valence-electron chi connectivity index (χ4n) is 4.50. The highest BCUT2D eigenvalue weighted by atomic mass is 35.5. The lowest BCUT2D eigenvalue weighted by atomic mass is 10.1. The number of fused-ring (bicyclic) bond motifs is 2. The lowest BCUT2D eigenvalue weighted by Gasteiger charge is -2.36. The summed E-state index contributed by atoms with van der Waals surface area (Å²) in [6.45, 7) is 1.28. The summed E-state index contributed by atoms with van der Waals surface area (Å²) in [5.74, 6) is 1.68. The molecule has 3 aromatic carbocycles. The van der Waals surface area contributed by atoms with Crippen molar-refractivity contribution < 1.29 is 9.53 Å². The zero-order chi connectivity index (χ0) is 25.2. The molecule has 1 aliphatic heterocycles. The molecule has 0 aliphatic carbocycles. The molecule has 0 bridgehead atoms. The molecule has 5 nitrogen and oxygen atoms in total. The minimum atomic E-state index is -0.120. The minimum absolute atomic E-state index is 0.120. The number of thioether (sulfide) groups is 1. The molecule has 36 heavy (non-hydrogen) atoms. The average molecular weight is 561 g/mol. The van der Waals surface area contributed by atoms with Gasteiger partial charge in [0, 0.05) is 56.7 Å². The van der Waals surface area contributed by atoms with Gasteiger partial charge in [0.15, 0.2) is 0 Å². The molecule has 0 radical (unpaired) electrons. The Morgan fingerprint density at radius 2 is 1.83 bits per heavy atom. The lowest BCUT2D eigenvalue weighted by molar-refractivity contribution is -0.132. The number of aromatic nitrogens is 1. The standard InChI is InChI=1S/C27H24Cl3N3O2S/c1-35-18-5-8-23-21(15-18)26(20-7-4-17(29)14-24(20)32-23)31-10-2-11-33-25(34)9-12-36-27(33)19-6-3-16(28)13-22(19)30/h3-8,13-15,27H,2,9-12H2,1H3,(H,31,32). The predicted octanol–water partition coefficient (Wildman–Crippen LogP) is 7.82. The third-order valence-corrected chi connectivity index (χ3v) is 8.31. The van der Waals surface area contributed by atoms with Crippen LogP contribution in [0.25, 0.3) is 21.8 Å². The second kappa shape index (κ2) is 10.9. The van der Waals surface area contributed by atoms with Crippen molar-refractivity contribution in [3.8, 4) is 5.75 Å². The first kappa shape index (κ1) is 25.3. The summed E-state index contributed by atoms with van der Waals surface area (Å²) in [6, 6.07) is 17.0. The van der Waals surface area contributed by atoms with Gasteiger partial charge < -0.3 is 15.0 Å². The van der Waals surface area contributed by atoms with Crippen LogP contribution < -0.4 is 10.1 Å². The summed E-state index contributed by atoms with van der Waals surface area (Å²) in [5, 5.41) is 7.24.